The number of rotatable bonds is 4. The van der Waals surface area contributed by atoms with Gasteiger partial charge in [0.2, 0.25) is 0 Å². The van der Waals surface area contributed by atoms with Crippen LogP contribution in [0.3, 0.4) is 0 Å². The monoisotopic (exact) mass is 268 g/mol. The first kappa shape index (κ1) is 13.5. The molecule has 0 amide bonds. The molecule has 0 spiro atoms. The summed E-state index contributed by atoms with van der Waals surface area (Å²) in [6, 6.07) is 4.32. The SMILES string of the molecule is CC1CC(NCc2cccs2)(C(=O)O)CCN1C. The molecule has 1 aliphatic heterocycles. The molecule has 1 saturated heterocycles. The number of hydrogen-bond donors (Lipinski definition) is 2. The predicted octanol–water partition coefficient (Wildman–Crippen LogP) is 1.78. The Bertz CT molecular complexity index is 407. The van der Waals surface area contributed by atoms with Crippen molar-refractivity contribution in [2.45, 2.75) is 37.9 Å². The minimum atomic E-state index is -0.768. The van der Waals surface area contributed by atoms with Crippen molar-refractivity contribution < 1.29 is 9.90 Å². The molecule has 1 aliphatic rings. The normalized spacial score (nSPS) is 29.3. The lowest BCUT2D eigenvalue weighted by Crippen LogP contribution is -2.59. The number of carboxylic acids is 1. The van der Waals surface area contributed by atoms with E-state index >= 15 is 0 Å². The number of thiophene rings is 1. The molecule has 1 aromatic rings. The predicted molar refractivity (Wildman–Crippen MR) is 72.9 cm³/mol. The van der Waals surface area contributed by atoms with Gasteiger partial charge in [0.1, 0.15) is 5.54 Å². The van der Waals surface area contributed by atoms with Crippen LogP contribution in [0.5, 0.6) is 0 Å². The Morgan fingerprint density at radius 3 is 3.06 bits per heavy atom. The lowest BCUT2D eigenvalue weighted by Gasteiger charge is -2.42. The number of piperidine rings is 1. The maximum Gasteiger partial charge on any atom is 0.324 e. The summed E-state index contributed by atoms with van der Waals surface area (Å²) in [6.45, 7) is 3.55. The smallest absolute Gasteiger partial charge is 0.324 e. The molecule has 0 radical (unpaired) electrons. The van der Waals surface area contributed by atoms with Gasteiger partial charge in [-0.15, -0.1) is 11.3 Å². The first-order valence-corrected chi connectivity index (χ1v) is 7.12. The minimum absolute atomic E-state index is 0.297. The van der Waals surface area contributed by atoms with E-state index in [-0.39, 0.29) is 0 Å². The van der Waals surface area contributed by atoms with Crippen LogP contribution in [0, 0.1) is 0 Å². The fraction of sp³-hybridized carbons (Fsp3) is 0.615. The Labute approximate surface area is 112 Å². The van der Waals surface area contributed by atoms with Crippen LogP contribution in [0.4, 0.5) is 0 Å². The van der Waals surface area contributed by atoms with Crippen molar-refractivity contribution in [1.82, 2.24) is 10.2 Å². The second-order valence-corrected chi connectivity index (χ2v) is 6.14. The molecule has 18 heavy (non-hydrogen) atoms. The molecule has 0 saturated carbocycles. The van der Waals surface area contributed by atoms with E-state index in [4.69, 9.17) is 0 Å². The molecular weight excluding hydrogens is 248 g/mol. The third kappa shape index (κ3) is 2.74. The second-order valence-electron chi connectivity index (χ2n) is 5.10. The molecule has 2 heterocycles. The van der Waals surface area contributed by atoms with Gasteiger partial charge >= 0.3 is 5.97 Å². The van der Waals surface area contributed by atoms with Crippen LogP contribution in [0.15, 0.2) is 17.5 Å². The van der Waals surface area contributed by atoms with Crippen molar-refractivity contribution >= 4 is 17.3 Å². The molecule has 2 unspecified atom stereocenters. The van der Waals surface area contributed by atoms with E-state index in [0.29, 0.717) is 25.4 Å². The Morgan fingerprint density at radius 2 is 2.50 bits per heavy atom. The van der Waals surface area contributed by atoms with Gasteiger partial charge in [-0.05, 0) is 38.3 Å². The van der Waals surface area contributed by atoms with Gasteiger partial charge in [-0.25, -0.2) is 0 Å². The van der Waals surface area contributed by atoms with Gasteiger partial charge in [0, 0.05) is 24.0 Å². The Morgan fingerprint density at radius 1 is 1.72 bits per heavy atom. The number of likely N-dealkylation sites (tertiary alicyclic amines) is 1. The first-order chi connectivity index (χ1) is 8.53. The topological polar surface area (TPSA) is 52.6 Å². The molecule has 100 valence electrons. The molecule has 0 bridgehead atoms. The van der Waals surface area contributed by atoms with Crippen molar-refractivity contribution in [2.75, 3.05) is 13.6 Å². The van der Waals surface area contributed by atoms with Gasteiger partial charge in [0.25, 0.3) is 0 Å². The van der Waals surface area contributed by atoms with Crippen LogP contribution < -0.4 is 5.32 Å². The van der Waals surface area contributed by atoms with E-state index in [1.165, 1.54) is 4.88 Å². The largest absolute Gasteiger partial charge is 0.480 e. The van der Waals surface area contributed by atoms with Crippen molar-refractivity contribution in [2.24, 2.45) is 0 Å². The van der Waals surface area contributed by atoms with Crippen LogP contribution in [0.2, 0.25) is 0 Å². The fourth-order valence-corrected chi connectivity index (χ4v) is 3.09. The van der Waals surface area contributed by atoms with Gasteiger partial charge in [0.15, 0.2) is 0 Å². The van der Waals surface area contributed by atoms with Crippen LogP contribution in [0.1, 0.15) is 24.6 Å². The highest BCUT2D eigenvalue weighted by atomic mass is 32.1. The van der Waals surface area contributed by atoms with Crippen molar-refractivity contribution in [3.63, 3.8) is 0 Å². The average Bonchev–Trinajstić information content (AvgIpc) is 2.84. The maximum absolute atomic E-state index is 11.6. The van der Waals surface area contributed by atoms with E-state index in [1.54, 1.807) is 11.3 Å². The Hall–Kier alpha value is -0.910. The molecule has 5 heteroatoms. The summed E-state index contributed by atoms with van der Waals surface area (Å²) in [4.78, 5) is 15.0. The number of hydrogen-bond acceptors (Lipinski definition) is 4. The molecule has 1 fully saturated rings. The van der Waals surface area contributed by atoms with Crippen LogP contribution >= 0.6 is 11.3 Å². The van der Waals surface area contributed by atoms with E-state index in [2.05, 4.69) is 24.2 Å². The van der Waals surface area contributed by atoms with Crippen LogP contribution in [-0.4, -0.2) is 41.1 Å². The molecule has 4 nitrogen and oxygen atoms in total. The lowest BCUT2D eigenvalue weighted by atomic mass is 9.83. The Balaban J connectivity index is 2.05. The quantitative estimate of drug-likeness (QED) is 0.874. The van der Waals surface area contributed by atoms with Crippen molar-refractivity contribution in [3.05, 3.63) is 22.4 Å². The number of nitrogens with zero attached hydrogens (tertiary/aromatic N) is 1. The zero-order chi connectivity index (χ0) is 13.2. The number of carbonyl (C=O) groups is 1. The van der Waals surface area contributed by atoms with Crippen molar-refractivity contribution in [1.29, 1.82) is 0 Å². The van der Waals surface area contributed by atoms with E-state index in [1.807, 2.05) is 17.5 Å². The third-order valence-corrected chi connectivity index (χ3v) is 4.75. The molecule has 2 N–H and O–H groups in total. The highest BCUT2D eigenvalue weighted by Crippen LogP contribution is 2.27. The average molecular weight is 268 g/mol. The molecular formula is C13H20N2O2S. The summed E-state index contributed by atoms with van der Waals surface area (Å²) in [5, 5.41) is 14.8. The van der Waals surface area contributed by atoms with Crippen molar-refractivity contribution in [3.8, 4) is 0 Å². The van der Waals surface area contributed by atoms with E-state index in [0.717, 1.165) is 6.54 Å². The summed E-state index contributed by atoms with van der Waals surface area (Å²) >= 11 is 1.66. The first-order valence-electron chi connectivity index (χ1n) is 6.24. The highest BCUT2D eigenvalue weighted by Gasteiger charge is 2.43. The molecule has 2 atom stereocenters. The van der Waals surface area contributed by atoms with Gasteiger partial charge < -0.3 is 10.0 Å². The zero-order valence-electron chi connectivity index (χ0n) is 10.8. The second kappa shape index (κ2) is 5.38. The minimum Gasteiger partial charge on any atom is -0.480 e. The van der Waals surface area contributed by atoms with Gasteiger partial charge in [-0.1, -0.05) is 6.07 Å². The summed E-state index contributed by atoms with van der Waals surface area (Å²) in [7, 11) is 2.05. The molecule has 0 aromatic carbocycles. The fourth-order valence-electron chi connectivity index (χ4n) is 2.45. The summed E-state index contributed by atoms with van der Waals surface area (Å²) in [6.07, 6.45) is 1.32. The number of aliphatic carboxylic acids is 1. The summed E-state index contributed by atoms with van der Waals surface area (Å²) in [5.41, 5.74) is -0.768. The van der Waals surface area contributed by atoms with E-state index < -0.39 is 11.5 Å². The maximum atomic E-state index is 11.6. The third-order valence-electron chi connectivity index (χ3n) is 3.88. The van der Waals surface area contributed by atoms with Crippen LogP contribution in [0.25, 0.3) is 0 Å². The van der Waals surface area contributed by atoms with Gasteiger partial charge in [-0.2, -0.15) is 0 Å². The van der Waals surface area contributed by atoms with Crippen LogP contribution in [-0.2, 0) is 11.3 Å². The lowest BCUT2D eigenvalue weighted by molar-refractivity contribution is -0.148. The summed E-state index contributed by atoms with van der Waals surface area (Å²) in [5.74, 6) is -0.723. The Kier molecular flexibility index (Phi) is 4.04. The summed E-state index contributed by atoms with van der Waals surface area (Å²) < 4.78 is 0. The van der Waals surface area contributed by atoms with Gasteiger partial charge in [0.05, 0.1) is 0 Å². The number of nitrogens with one attached hydrogen (secondary N) is 1. The van der Waals surface area contributed by atoms with Gasteiger partial charge in [-0.3, -0.25) is 10.1 Å². The number of carboxylic acid groups (broad SMARTS) is 1. The van der Waals surface area contributed by atoms with E-state index in [9.17, 15) is 9.90 Å². The standard InChI is InChI=1S/C13H20N2O2S/c1-10-8-13(12(16)17,5-6-15(10)2)14-9-11-4-3-7-18-11/h3-4,7,10,14H,5-6,8-9H2,1-2H3,(H,16,17). The highest BCUT2D eigenvalue weighted by molar-refractivity contribution is 7.09. The molecule has 2 rings (SSSR count). The molecule has 0 aliphatic carbocycles. The molecule has 1 aromatic heterocycles. The zero-order valence-corrected chi connectivity index (χ0v) is 11.7.